The average Bonchev–Trinajstić information content (AvgIpc) is 2.78. The van der Waals surface area contributed by atoms with Crippen molar-refractivity contribution in [2.45, 2.75) is 13.3 Å². The van der Waals surface area contributed by atoms with E-state index < -0.39 is 5.97 Å². The zero-order valence-corrected chi connectivity index (χ0v) is 8.80. The summed E-state index contributed by atoms with van der Waals surface area (Å²) < 4.78 is 4.95. The van der Waals surface area contributed by atoms with Gasteiger partial charge in [0, 0.05) is 5.56 Å². The number of hydrogen-bond acceptors (Lipinski definition) is 3. The molecule has 1 N–H and O–H groups in total. The summed E-state index contributed by atoms with van der Waals surface area (Å²) in [6.45, 7) is 2.06. The summed E-state index contributed by atoms with van der Waals surface area (Å²) in [5.74, 6) is -0.731. The molecular weight excluding hydrogens is 206 g/mol. The average molecular weight is 217 g/mol. The van der Waals surface area contributed by atoms with Gasteiger partial charge in [0.05, 0.1) is 6.20 Å². The first-order valence-corrected chi connectivity index (χ1v) is 4.99. The lowest BCUT2D eigenvalue weighted by molar-refractivity contribution is 0.0697. The minimum absolute atomic E-state index is 0.0873. The minimum atomic E-state index is -1.03. The van der Waals surface area contributed by atoms with Crippen molar-refractivity contribution >= 4 is 5.97 Å². The number of rotatable bonds is 3. The van der Waals surface area contributed by atoms with Gasteiger partial charge in [-0.15, -0.1) is 0 Å². The molecule has 0 fully saturated rings. The van der Waals surface area contributed by atoms with E-state index in [0.29, 0.717) is 5.76 Å². The summed E-state index contributed by atoms with van der Waals surface area (Å²) >= 11 is 0. The Balaban J connectivity index is 2.42. The van der Waals surface area contributed by atoms with E-state index in [-0.39, 0.29) is 5.56 Å². The molecule has 16 heavy (non-hydrogen) atoms. The molecule has 0 radical (unpaired) electrons. The summed E-state index contributed by atoms with van der Waals surface area (Å²) in [5, 5.41) is 12.4. The number of nitrogens with zero attached hydrogens (tertiary/aromatic N) is 1. The van der Waals surface area contributed by atoms with Crippen molar-refractivity contribution < 1.29 is 14.4 Å². The van der Waals surface area contributed by atoms with Gasteiger partial charge in [-0.05, 0) is 12.0 Å². The van der Waals surface area contributed by atoms with Crippen molar-refractivity contribution in [2.24, 2.45) is 0 Å². The molecule has 0 aliphatic carbocycles. The van der Waals surface area contributed by atoms with Crippen LogP contribution in [0.25, 0.3) is 11.3 Å². The van der Waals surface area contributed by atoms with Crippen LogP contribution in [0.1, 0.15) is 22.8 Å². The van der Waals surface area contributed by atoms with Crippen molar-refractivity contribution in [3.05, 3.63) is 41.6 Å². The van der Waals surface area contributed by atoms with Crippen molar-refractivity contribution in [3.8, 4) is 11.3 Å². The first-order valence-electron chi connectivity index (χ1n) is 4.99. The number of benzene rings is 1. The number of carboxylic acids is 1. The summed E-state index contributed by atoms with van der Waals surface area (Å²) in [6.07, 6.45) is 2.16. The van der Waals surface area contributed by atoms with Crippen molar-refractivity contribution in [1.82, 2.24) is 5.16 Å². The van der Waals surface area contributed by atoms with Crippen LogP contribution < -0.4 is 0 Å². The summed E-state index contributed by atoms with van der Waals surface area (Å²) in [7, 11) is 0. The van der Waals surface area contributed by atoms with E-state index in [1.165, 1.54) is 11.8 Å². The molecule has 1 aromatic carbocycles. The van der Waals surface area contributed by atoms with Gasteiger partial charge in [0.25, 0.3) is 0 Å². The molecule has 0 spiro atoms. The smallest absolute Gasteiger partial charge is 0.341 e. The SMILES string of the molecule is CCc1ccc(-c2oncc2C(=O)O)cc1. The number of aromatic carboxylic acids is 1. The Labute approximate surface area is 92.5 Å². The van der Waals surface area contributed by atoms with Crippen LogP contribution in [0.5, 0.6) is 0 Å². The predicted octanol–water partition coefficient (Wildman–Crippen LogP) is 2.60. The van der Waals surface area contributed by atoms with Crippen molar-refractivity contribution in [1.29, 1.82) is 0 Å². The maximum absolute atomic E-state index is 10.9. The molecular formula is C12H11NO3. The van der Waals surface area contributed by atoms with E-state index in [4.69, 9.17) is 9.63 Å². The highest BCUT2D eigenvalue weighted by Gasteiger charge is 2.16. The zero-order chi connectivity index (χ0) is 11.5. The molecule has 0 aliphatic rings. The highest BCUT2D eigenvalue weighted by molar-refractivity contribution is 5.93. The molecule has 82 valence electrons. The molecule has 4 nitrogen and oxygen atoms in total. The third-order valence-corrected chi connectivity index (χ3v) is 2.43. The number of carboxylic acid groups (broad SMARTS) is 1. The standard InChI is InChI=1S/C12H11NO3/c1-2-8-3-5-9(6-4-8)11-10(12(14)15)7-13-16-11/h3-7H,2H2,1H3,(H,14,15). The fourth-order valence-corrected chi connectivity index (χ4v) is 1.49. The lowest BCUT2D eigenvalue weighted by Gasteiger charge is -1.99. The number of aryl methyl sites for hydroxylation is 1. The fourth-order valence-electron chi connectivity index (χ4n) is 1.49. The largest absolute Gasteiger partial charge is 0.477 e. The quantitative estimate of drug-likeness (QED) is 0.858. The molecule has 0 unspecified atom stereocenters. The highest BCUT2D eigenvalue weighted by Crippen LogP contribution is 2.23. The Morgan fingerprint density at radius 3 is 2.62 bits per heavy atom. The lowest BCUT2D eigenvalue weighted by Crippen LogP contribution is -1.95. The third-order valence-electron chi connectivity index (χ3n) is 2.43. The first-order chi connectivity index (χ1) is 7.72. The van der Waals surface area contributed by atoms with Crippen LogP contribution in [-0.2, 0) is 6.42 Å². The van der Waals surface area contributed by atoms with Gasteiger partial charge in [-0.25, -0.2) is 4.79 Å². The van der Waals surface area contributed by atoms with Crippen LogP contribution in [-0.4, -0.2) is 16.2 Å². The number of hydrogen-bond donors (Lipinski definition) is 1. The van der Waals surface area contributed by atoms with Gasteiger partial charge >= 0.3 is 5.97 Å². The Morgan fingerprint density at radius 2 is 2.06 bits per heavy atom. The fraction of sp³-hybridized carbons (Fsp3) is 0.167. The van der Waals surface area contributed by atoms with Crippen molar-refractivity contribution in [2.75, 3.05) is 0 Å². The van der Waals surface area contributed by atoms with Crippen LogP contribution >= 0.6 is 0 Å². The van der Waals surface area contributed by atoms with E-state index in [0.717, 1.165) is 12.0 Å². The second-order valence-electron chi connectivity index (χ2n) is 3.42. The highest BCUT2D eigenvalue weighted by atomic mass is 16.5. The molecule has 0 atom stereocenters. The minimum Gasteiger partial charge on any atom is -0.477 e. The summed E-state index contributed by atoms with van der Waals surface area (Å²) in [5.41, 5.74) is 2.01. The Kier molecular flexibility index (Phi) is 2.72. The molecule has 0 aliphatic heterocycles. The first kappa shape index (κ1) is 10.4. The van der Waals surface area contributed by atoms with E-state index in [1.807, 2.05) is 24.3 Å². The molecule has 0 saturated carbocycles. The van der Waals surface area contributed by atoms with Crippen molar-refractivity contribution in [3.63, 3.8) is 0 Å². The van der Waals surface area contributed by atoms with Gasteiger partial charge in [-0.3, -0.25) is 0 Å². The molecule has 0 bridgehead atoms. The molecule has 0 saturated heterocycles. The maximum atomic E-state index is 10.9. The normalized spacial score (nSPS) is 10.3. The Hall–Kier alpha value is -2.10. The maximum Gasteiger partial charge on any atom is 0.341 e. The van der Waals surface area contributed by atoms with E-state index in [1.54, 1.807) is 0 Å². The van der Waals surface area contributed by atoms with Crippen LogP contribution in [0.4, 0.5) is 0 Å². The predicted molar refractivity (Wildman–Crippen MR) is 58.3 cm³/mol. The van der Waals surface area contributed by atoms with E-state index in [9.17, 15) is 4.79 Å². The molecule has 2 rings (SSSR count). The third kappa shape index (κ3) is 1.82. The van der Waals surface area contributed by atoms with Crippen LogP contribution in [0, 0.1) is 0 Å². The van der Waals surface area contributed by atoms with Gasteiger partial charge in [-0.2, -0.15) is 0 Å². The van der Waals surface area contributed by atoms with Crippen LogP contribution in [0.15, 0.2) is 35.0 Å². The van der Waals surface area contributed by atoms with E-state index in [2.05, 4.69) is 12.1 Å². The monoisotopic (exact) mass is 217 g/mol. The summed E-state index contributed by atoms with van der Waals surface area (Å²) in [6, 6.07) is 7.57. The van der Waals surface area contributed by atoms with Gasteiger partial charge in [-0.1, -0.05) is 36.3 Å². The van der Waals surface area contributed by atoms with Gasteiger partial charge in [0.15, 0.2) is 5.76 Å². The van der Waals surface area contributed by atoms with Crippen LogP contribution in [0.2, 0.25) is 0 Å². The topological polar surface area (TPSA) is 63.3 Å². The second kappa shape index (κ2) is 4.18. The summed E-state index contributed by atoms with van der Waals surface area (Å²) in [4.78, 5) is 10.9. The number of carbonyl (C=O) groups is 1. The molecule has 1 heterocycles. The molecule has 4 heteroatoms. The molecule has 0 amide bonds. The Morgan fingerprint density at radius 1 is 1.38 bits per heavy atom. The second-order valence-corrected chi connectivity index (χ2v) is 3.42. The van der Waals surface area contributed by atoms with Crippen LogP contribution in [0.3, 0.4) is 0 Å². The van der Waals surface area contributed by atoms with Gasteiger partial charge in [0.1, 0.15) is 5.56 Å². The Bertz CT molecular complexity index is 499. The van der Waals surface area contributed by atoms with Gasteiger partial charge < -0.3 is 9.63 Å². The van der Waals surface area contributed by atoms with Gasteiger partial charge in [0.2, 0.25) is 0 Å². The molecule has 1 aromatic heterocycles. The number of aromatic nitrogens is 1. The molecule has 2 aromatic rings. The zero-order valence-electron chi connectivity index (χ0n) is 8.80. The lowest BCUT2D eigenvalue weighted by atomic mass is 10.1. The van der Waals surface area contributed by atoms with E-state index >= 15 is 0 Å².